The van der Waals surface area contributed by atoms with Crippen LogP contribution in [-0.4, -0.2) is 0 Å². The van der Waals surface area contributed by atoms with Crippen LogP contribution in [-0.2, 0) is 5.41 Å². The van der Waals surface area contributed by atoms with Crippen LogP contribution in [0.15, 0.2) is 120 Å². The van der Waals surface area contributed by atoms with Gasteiger partial charge in [0, 0.05) is 21.3 Å². The predicted molar refractivity (Wildman–Crippen MR) is 175 cm³/mol. The molecule has 198 valence electrons. The lowest BCUT2D eigenvalue weighted by molar-refractivity contribution is 0.660. The lowest BCUT2D eigenvalue weighted by Crippen LogP contribution is -2.15. The lowest BCUT2D eigenvalue weighted by Gasteiger charge is -2.22. The molecule has 5 rings (SSSR count). The number of nitrogens with one attached hydrogen (secondary N) is 1. The molecule has 38 heavy (non-hydrogen) atoms. The van der Waals surface area contributed by atoms with Gasteiger partial charge in [-0.25, -0.2) is 0 Å². The van der Waals surface area contributed by atoms with E-state index in [-0.39, 0.29) is 5.41 Å². The van der Waals surface area contributed by atoms with E-state index in [9.17, 15) is 0 Å². The fourth-order valence-corrected chi connectivity index (χ4v) is 4.77. The topological polar surface area (TPSA) is 12.0 Å². The number of fused-ring (bicyclic) bond motifs is 3. The molecule has 0 atom stereocenters. The number of anilines is 2. The summed E-state index contributed by atoms with van der Waals surface area (Å²) in [5.74, 6) is 0. The smallest absolute Gasteiger partial charge is 0.0387 e. The van der Waals surface area contributed by atoms with Crippen LogP contribution < -0.4 is 5.32 Å². The fraction of sp³-hybridized carbons (Fsp3) is 0.222. The number of benzene rings is 4. The molecule has 1 aliphatic carbocycles. The van der Waals surface area contributed by atoms with Gasteiger partial charge in [0.25, 0.3) is 0 Å². The first-order valence-electron chi connectivity index (χ1n) is 13.5. The van der Waals surface area contributed by atoms with Gasteiger partial charge in [-0.05, 0) is 64.6 Å². The predicted octanol–water partition coefficient (Wildman–Crippen LogP) is 11.9. The van der Waals surface area contributed by atoms with E-state index in [0.29, 0.717) is 0 Å². The highest BCUT2D eigenvalue weighted by Crippen LogP contribution is 2.49. The summed E-state index contributed by atoms with van der Waals surface area (Å²) in [5, 5.41) is 3.58. The first-order chi connectivity index (χ1) is 18.4. The minimum Gasteiger partial charge on any atom is -0.356 e. The van der Waals surface area contributed by atoms with Gasteiger partial charge in [-0.2, -0.15) is 0 Å². The van der Waals surface area contributed by atoms with Gasteiger partial charge in [-0.1, -0.05) is 149 Å². The number of allylic oxidation sites excluding steroid dienone is 3. The molecule has 4 aromatic carbocycles. The average Bonchev–Trinajstić information content (AvgIpc) is 3.18. The molecule has 1 nitrogen and oxygen atoms in total. The number of hydrogen-bond acceptors (Lipinski definition) is 1. The molecule has 0 aliphatic heterocycles. The summed E-state index contributed by atoms with van der Waals surface area (Å²) in [4.78, 5) is 0. The first kappa shape index (κ1) is 30.9. The minimum atomic E-state index is 0.0286. The molecule has 2 heteroatoms. The molecule has 0 bridgehead atoms. The summed E-state index contributed by atoms with van der Waals surface area (Å²) >= 11 is 3.15. The second-order valence-electron chi connectivity index (χ2n) is 8.95. The number of rotatable bonds is 4. The van der Waals surface area contributed by atoms with Gasteiger partial charge in [0.15, 0.2) is 0 Å². The highest BCUT2D eigenvalue weighted by molar-refractivity contribution is 9.11. The molecule has 1 aliphatic rings. The van der Waals surface area contributed by atoms with Gasteiger partial charge in [-0.15, -0.1) is 0 Å². The van der Waals surface area contributed by atoms with E-state index in [1.165, 1.54) is 33.4 Å². The highest BCUT2D eigenvalue weighted by atomic mass is 79.9. The maximum atomic E-state index is 3.58. The second-order valence-corrected chi connectivity index (χ2v) is 9.96. The van der Waals surface area contributed by atoms with Gasteiger partial charge >= 0.3 is 0 Å². The molecular formula is C36H42BrN. The van der Waals surface area contributed by atoms with Crippen LogP contribution in [0.5, 0.6) is 0 Å². The Balaban J connectivity index is 0.000000444. The van der Waals surface area contributed by atoms with Gasteiger partial charge < -0.3 is 5.32 Å². The van der Waals surface area contributed by atoms with Crippen molar-refractivity contribution in [2.75, 3.05) is 5.32 Å². The number of hydrogen-bond donors (Lipinski definition) is 1. The maximum absolute atomic E-state index is 3.58. The van der Waals surface area contributed by atoms with Crippen molar-refractivity contribution >= 4 is 27.3 Å². The minimum absolute atomic E-state index is 0.0286. The molecule has 0 unspecified atom stereocenters. The number of halogens is 1. The van der Waals surface area contributed by atoms with Crippen LogP contribution in [0.25, 0.3) is 22.3 Å². The quantitative estimate of drug-likeness (QED) is 0.242. The van der Waals surface area contributed by atoms with Crippen molar-refractivity contribution in [3.8, 4) is 22.3 Å². The van der Waals surface area contributed by atoms with Crippen molar-refractivity contribution in [2.24, 2.45) is 0 Å². The third-order valence-corrected chi connectivity index (χ3v) is 6.48. The zero-order valence-electron chi connectivity index (χ0n) is 24.0. The van der Waals surface area contributed by atoms with E-state index in [0.717, 1.165) is 15.9 Å². The summed E-state index contributed by atoms with van der Waals surface area (Å²) < 4.78 is 0.921. The van der Waals surface area contributed by atoms with Crippen LogP contribution in [0.4, 0.5) is 11.4 Å². The molecule has 1 N–H and O–H groups in total. The first-order valence-corrected chi connectivity index (χ1v) is 14.3. The van der Waals surface area contributed by atoms with E-state index in [1.54, 1.807) is 0 Å². The normalized spacial score (nSPS) is 11.9. The standard InChI is InChI=1S/C27H23N.C5H7Br.2C2H6/c1-27(2)25-11-7-6-10-23(25)24-17-16-22(18-26(24)27)28-21-14-12-20(13-15-21)19-8-4-3-5-9-19;1-3-4-5(2)6;2*1-2/h3-18,28H,1-2H3;3-4H,2H2,1H3;2*1-2H3/b;4-3-;;. The van der Waals surface area contributed by atoms with Crippen molar-refractivity contribution < 1.29 is 0 Å². The van der Waals surface area contributed by atoms with E-state index < -0.39 is 0 Å². The van der Waals surface area contributed by atoms with E-state index in [1.807, 2.05) is 52.8 Å². The molecule has 0 amide bonds. The monoisotopic (exact) mass is 567 g/mol. The van der Waals surface area contributed by atoms with E-state index in [2.05, 4.69) is 133 Å². The summed E-state index contributed by atoms with van der Waals surface area (Å²) in [5.41, 5.74) is 10.3. The van der Waals surface area contributed by atoms with Gasteiger partial charge in [0.1, 0.15) is 0 Å². The molecule has 0 heterocycles. The lowest BCUT2D eigenvalue weighted by atomic mass is 9.82. The molecule has 0 fully saturated rings. The third kappa shape index (κ3) is 7.58. The Morgan fingerprint density at radius 1 is 0.684 bits per heavy atom. The van der Waals surface area contributed by atoms with Crippen molar-refractivity contribution in [3.05, 3.63) is 131 Å². The Morgan fingerprint density at radius 3 is 1.79 bits per heavy atom. The zero-order chi connectivity index (χ0) is 28.1. The van der Waals surface area contributed by atoms with Crippen molar-refractivity contribution in [2.45, 2.75) is 53.9 Å². The van der Waals surface area contributed by atoms with Crippen LogP contribution in [0, 0.1) is 0 Å². The molecule has 0 aromatic heterocycles. The van der Waals surface area contributed by atoms with Crippen molar-refractivity contribution in [1.82, 2.24) is 0 Å². The maximum Gasteiger partial charge on any atom is 0.0387 e. The molecule has 0 spiro atoms. The molecule has 0 saturated carbocycles. The van der Waals surface area contributed by atoms with Gasteiger partial charge in [0.05, 0.1) is 0 Å². The molecular weight excluding hydrogens is 526 g/mol. The van der Waals surface area contributed by atoms with Crippen molar-refractivity contribution in [1.29, 1.82) is 0 Å². The summed E-state index contributed by atoms with van der Waals surface area (Å²) in [6.07, 6.45) is 3.82. The van der Waals surface area contributed by atoms with Crippen molar-refractivity contribution in [3.63, 3.8) is 0 Å². The average molecular weight is 569 g/mol. The van der Waals surface area contributed by atoms with E-state index in [4.69, 9.17) is 0 Å². The van der Waals surface area contributed by atoms with Crippen LogP contribution >= 0.6 is 15.9 Å². The molecule has 4 aromatic rings. The largest absolute Gasteiger partial charge is 0.356 e. The summed E-state index contributed by atoms with van der Waals surface area (Å²) in [7, 11) is 0. The Labute approximate surface area is 239 Å². The van der Waals surface area contributed by atoms with Crippen LogP contribution in [0.1, 0.15) is 59.6 Å². The van der Waals surface area contributed by atoms with Crippen LogP contribution in [0.2, 0.25) is 0 Å². The Bertz CT molecular complexity index is 1320. The summed E-state index contributed by atoms with van der Waals surface area (Å²) in [6.45, 7) is 18.2. The fourth-order valence-electron chi connectivity index (χ4n) is 4.51. The second kappa shape index (κ2) is 15.1. The highest BCUT2D eigenvalue weighted by Gasteiger charge is 2.35. The van der Waals surface area contributed by atoms with Gasteiger partial charge in [-0.3, -0.25) is 0 Å². The molecule has 0 radical (unpaired) electrons. The molecule has 0 saturated heterocycles. The van der Waals surface area contributed by atoms with Gasteiger partial charge in [0.2, 0.25) is 0 Å². The Hall–Kier alpha value is -3.36. The zero-order valence-corrected chi connectivity index (χ0v) is 25.6. The van der Waals surface area contributed by atoms with Crippen LogP contribution in [0.3, 0.4) is 0 Å². The third-order valence-electron chi connectivity index (χ3n) is 6.21. The SMILES string of the molecule is C=C(Br)/C=C\C.CC.CC.CC1(C)c2ccccc2-c2ccc(Nc3ccc(-c4ccccc4)cc3)cc21. The summed E-state index contributed by atoms with van der Waals surface area (Å²) in [6, 6.07) is 34.6. The Morgan fingerprint density at radius 2 is 1.21 bits per heavy atom. The Kier molecular flexibility index (Phi) is 12.3. The van der Waals surface area contributed by atoms with E-state index >= 15 is 0 Å².